The molecule has 2 nitrogen and oxygen atoms in total. The Bertz CT molecular complexity index is 518. The van der Waals surface area contributed by atoms with Gasteiger partial charge in [0.2, 0.25) is 5.91 Å². The molecule has 24 heavy (non-hydrogen) atoms. The molecule has 2 aliphatic rings. The van der Waals surface area contributed by atoms with Crippen LogP contribution in [0.25, 0.3) is 0 Å². The molecular weight excluding hydrogens is 336 g/mol. The van der Waals surface area contributed by atoms with Gasteiger partial charge in [-0.05, 0) is 25.3 Å². The molecular formula is C16H21F6NO. The minimum Gasteiger partial charge on any atom is -0.336 e. The predicted molar refractivity (Wildman–Crippen MR) is 78.1 cm³/mol. The van der Waals surface area contributed by atoms with Crippen LogP contribution >= 0.6 is 0 Å². The highest BCUT2D eigenvalue weighted by molar-refractivity contribution is 5.79. The lowest BCUT2D eigenvalue weighted by molar-refractivity contribution is -0.166. The van der Waals surface area contributed by atoms with Gasteiger partial charge in [-0.2, -0.15) is 26.3 Å². The monoisotopic (exact) mass is 357 g/mol. The first-order chi connectivity index (χ1) is 11.0. The van der Waals surface area contributed by atoms with Gasteiger partial charge in [-0.3, -0.25) is 4.79 Å². The fourth-order valence-corrected chi connectivity index (χ4v) is 2.87. The molecule has 0 bridgehead atoms. The molecule has 0 N–H and O–H groups in total. The van der Waals surface area contributed by atoms with Gasteiger partial charge in [0.25, 0.3) is 0 Å². The molecule has 8 heteroatoms. The van der Waals surface area contributed by atoms with Crippen molar-refractivity contribution in [2.45, 2.75) is 58.4 Å². The van der Waals surface area contributed by atoms with E-state index in [0.717, 1.165) is 11.0 Å². The van der Waals surface area contributed by atoms with Crippen molar-refractivity contribution in [3.8, 4) is 0 Å². The maximum atomic E-state index is 13.1. The fraction of sp³-hybridized carbons (Fsp3) is 0.688. The predicted octanol–water partition coefficient (Wildman–Crippen LogP) is 5.02. The summed E-state index contributed by atoms with van der Waals surface area (Å²) in [7, 11) is 0. The van der Waals surface area contributed by atoms with Gasteiger partial charge in [-0.15, -0.1) is 0 Å². The highest BCUT2D eigenvalue weighted by atomic mass is 19.4. The number of nitrogens with zero attached hydrogens (tertiary/aromatic N) is 1. The lowest BCUT2D eigenvalue weighted by Crippen LogP contribution is -2.39. The van der Waals surface area contributed by atoms with E-state index in [1.165, 1.54) is 0 Å². The second kappa shape index (κ2) is 7.61. The Morgan fingerprint density at radius 1 is 1.17 bits per heavy atom. The van der Waals surface area contributed by atoms with E-state index in [9.17, 15) is 31.1 Å². The summed E-state index contributed by atoms with van der Waals surface area (Å²) < 4.78 is 78.4. The molecule has 0 aromatic heterocycles. The van der Waals surface area contributed by atoms with Gasteiger partial charge < -0.3 is 4.90 Å². The summed E-state index contributed by atoms with van der Waals surface area (Å²) in [5.41, 5.74) is -2.04. The second-order valence-corrected chi connectivity index (χ2v) is 5.58. The number of allylic oxidation sites excluding steroid dienone is 3. The number of amides is 1. The smallest absolute Gasteiger partial charge is 0.336 e. The number of halogens is 6. The van der Waals surface area contributed by atoms with Gasteiger partial charge in [0.1, 0.15) is 0 Å². The molecule has 0 saturated carbocycles. The molecule has 138 valence electrons. The summed E-state index contributed by atoms with van der Waals surface area (Å²) in [5, 5.41) is 0. The first kappa shape index (κ1) is 20.6. The summed E-state index contributed by atoms with van der Waals surface area (Å²) in [5.74, 6) is -2.60. The molecule has 2 unspecified atom stereocenters. The van der Waals surface area contributed by atoms with Crippen LogP contribution in [-0.2, 0) is 4.79 Å². The highest BCUT2D eigenvalue weighted by Gasteiger charge is 2.48. The van der Waals surface area contributed by atoms with Crippen LogP contribution in [0.5, 0.6) is 0 Å². The zero-order valence-corrected chi connectivity index (χ0v) is 13.8. The third-order valence-electron chi connectivity index (χ3n) is 4.09. The molecule has 0 radical (unpaired) electrons. The zero-order chi connectivity index (χ0) is 18.7. The summed E-state index contributed by atoms with van der Waals surface area (Å²) in [6, 6.07) is -0.353. The van der Waals surface area contributed by atoms with Crippen molar-refractivity contribution >= 4 is 5.91 Å². The Kier molecular flexibility index (Phi) is 6.52. The highest BCUT2D eigenvalue weighted by Crippen LogP contribution is 2.43. The molecule has 2 atom stereocenters. The SMILES string of the molecule is CC.CC1CCC(=O)N1CC1=C(C(F)(F)F)C=CCC1C(F)(F)F. The molecule has 1 aliphatic carbocycles. The largest absolute Gasteiger partial charge is 0.416 e. The first-order valence-electron chi connectivity index (χ1n) is 7.84. The number of alkyl halides is 6. The van der Waals surface area contributed by atoms with Gasteiger partial charge in [0.05, 0.1) is 11.5 Å². The zero-order valence-electron chi connectivity index (χ0n) is 13.8. The Morgan fingerprint density at radius 2 is 1.75 bits per heavy atom. The number of hydrogen-bond acceptors (Lipinski definition) is 1. The van der Waals surface area contributed by atoms with Crippen LogP contribution in [-0.4, -0.2) is 35.7 Å². The van der Waals surface area contributed by atoms with E-state index in [-0.39, 0.29) is 12.5 Å². The van der Waals surface area contributed by atoms with E-state index in [0.29, 0.717) is 12.5 Å². The molecule has 0 spiro atoms. The Balaban J connectivity index is 0.00000139. The summed E-state index contributed by atoms with van der Waals surface area (Å²) >= 11 is 0. The van der Waals surface area contributed by atoms with Crippen molar-refractivity contribution in [3.63, 3.8) is 0 Å². The number of hydrogen-bond donors (Lipinski definition) is 0. The van der Waals surface area contributed by atoms with E-state index >= 15 is 0 Å². The Hall–Kier alpha value is -1.47. The number of likely N-dealkylation sites (tertiary alicyclic amines) is 1. The van der Waals surface area contributed by atoms with Crippen molar-refractivity contribution < 1.29 is 31.1 Å². The molecule has 0 aromatic carbocycles. The number of carbonyl (C=O) groups excluding carboxylic acids is 1. The average molecular weight is 357 g/mol. The van der Waals surface area contributed by atoms with Crippen molar-refractivity contribution in [3.05, 3.63) is 23.3 Å². The van der Waals surface area contributed by atoms with Crippen LogP contribution in [0.4, 0.5) is 26.3 Å². The van der Waals surface area contributed by atoms with Crippen molar-refractivity contribution in [2.75, 3.05) is 6.54 Å². The molecule has 1 fully saturated rings. The number of carbonyl (C=O) groups is 1. The lowest BCUT2D eigenvalue weighted by atomic mass is 9.85. The van der Waals surface area contributed by atoms with Crippen LogP contribution in [0.2, 0.25) is 0 Å². The van der Waals surface area contributed by atoms with E-state index in [2.05, 4.69) is 0 Å². The Morgan fingerprint density at radius 3 is 2.17 bits per heavy atom. The van der Waals surface area contributed by atoms with Gasteiger partial charge >= 0.3 is 12.4 Å². The standard InChI is InChI=1S/C14H15F6NO.C2H6/c1-8-5-6-12(22)21(8)7-9-10(13(15,16)17)3-2-4-11(9)14(18,19)20;1-2/h2-3,8,11H,4-7H2,1H3;1-2H3. The van der Waals surface area contributed by atoms with Crippen LogP contribution in [0.1, 0.15) is 40.0 Å². The van der Waals surface area contributed by atoms with Crippen LogP contribution < -0.4 is 0 Å². The molecule has 0 aromatic rings. The van der Waals surface area contributed by atoms with Crippen LogP contribution in [0, 0.1) is 5.92 Å². The summed E-state index contributed by atoms with van der Waals surface area (Å²) in [6.07, 6.45) is -8.01. The number of rotatable bonds is 2. The first-order valence-corrected chi connectivity index (χ1v) is 7.84. The third-order valence-corrected chi connectivity index (χ3v) is 4.09. The summed E-state index contributed by atoms with van der Waals surface area (Å²) in [6.45, 7) is 5.00. The quantitative estimate of drug-likeness (QED) is 0.636. The molecule has 2 rings (SSSR count). The van der Waals surface area contributed by atoms with Crippen LogP contribution in [0.15, 0.2) is 23.3 Å². The minimum absolute atomic E-state index is 0.155. The second-order valence-electron chi connectivity index (χ2n) is 5.58. The van der Waals surface area contributed by atoms with E-state index in [1.807, 2.05) is 13.8 Å². The van der Waals surface area contributed by atoms with Gasteiger partial charge in [-0.25, -0.2) is 0 Å². The maximum Gasteiger partial charge on any atom is 0.416 e. The lowest BCUT2D eigenvalue weighted by Gasteiger charge is -2.32. The molecule has 1 heterocycles. The normalized spacial score (nSPS) is 25.0. The molecule has 1 amide bonds. The molecule has 1 saturated heterocycles. The Labute approximate surface area is 137 Å². The van der Waals surface area contributed by atoms with Gasteiger partial charge in [0, 0.05) is 19.0 Å². The maximum absolute atomic E-state index is 13.1. The third kappa shape index (κ3) is 4.54. The van der Waals surface area contributed by atoms with Gasteiger partial charge in [0.15, 0.2) is 0 Å². The van der Waals surface area contributed by atoms with Crippen molar-refractivity contribution in [1.82, 2.24) is 4.90 Å². The van der Waals surface area contributed by atoms with E-state index in [1.54, 1.807) is 6.92 Å². The van der Waals surface area contributed by atoms with Crippen LogP contribution in [0.3, 0.4) is 0 Å². The van der Waals surface area contributed by atoms with E-state index < -0.39 is 48.3 Å². The minimum atomic E-state index is -4.87. The average Bonchev–Trinajstić information content (AvgIpc) is 2.79. The molecule has 1 aliphatic heterocycles. The fourth-order valence-electron chi connectivity index (χ4n) is 2.87. The van der Waals surface area contributed by atoms with Gasteiger partial charge in [-0.1, -0.05) is 26.0 Å². The van der Waals surface area contributed by atoms with E-state index in [4.69, 9.17) is 0 Å². The van der Waals surface area contributed by atoms with Crippen molar-refractivity contribution in [1.29, 1.82) is 0 Å². The topological polar surface area (TPSA) is 20.3 Å². The summed E-state index contributed by atoms with van der Waals surface area (Å²) in [4.78, 5) is 12.8. The van der Waals surface area contributed by atoms with Crippen molar-refractivity contribution in [2.24, 2.45) is 5.92 Å².